The first-order valence-electron chi connectivity index (χ1n) is 5.32. The van der Waals surface area contributed by atoms with Crippen molar-refractivity contribution in [2.24, 2.45) is 17.8 Å². The van der Waals surface area contributed by atoms with E-state index in [-0.39, 0.29) is 0 Å². The van der Waals surface area contributed by atoms with E-state index < -0.39 is 0 Å². The molecule has 0 aromatic rings. The van der Waals surface area contributed by atoms with Gasteiger partial charge in [-0.1, -0.05) is 19.3 Å². The van der Waals surface area contributed by atoms with Crippen LogP contribution in [0.2, 0.25) is 0 Å². The number of hydrogen-bond donors (Lipinski definition) is 0. The Morgan fingerprint density at radius 1 is 1.00 bits per heavy atom. The summed E-state index contributed by atoms with van der Waals surface area (Å²) < 4.78 is 0. The van der Waals surface area contributed by atoms with Crippen LogP contribution in [0.1, 0.15) is 45.4 Å². The first-order valence-corrected chi connectivity index (χ1v) is 5.32. The Kier molecular flexibility index (Phi) is 2.40. The van der Waals surface area contributed by atoms with Crippen molar-refractivity contribution >= 4 is 0 Å². The molecule has 0 heterocycles. The molecule has 0 radical (unpaired) electrons. The van der Waals surface area contributed by atoms with E-state index in [2.05, 4.69) is 11.8 Å². The van der Waals surface area contributed by atoms with Crippen molar-refractivity contribution in [3.8, 4) is 11.8 Å². The molecular weight excluding hydrogens is 144 g/mol. The van der Waals surface area contributed by atoms with Gasteiger partial charge in [-0.3, -0.25) is 0 Å². The molecular formula is C12H18. The molecule has 0 amide bonds. The van der Waals surface area contributed by atoms with Gasteiger partial charge in [-0.2, -0.15) is 0 Å². The van der Waals surface area contributed by atoms with Crippen molar-refractivity contribution < 1.29 is 0 Å². The van der Waals surface area contributed by atoms with Gasteiger partial charge in [0.2, 0.25) is 0 Å². The Morgan fingerprint density at radius 3 is 2.67 bits per heavy atom. The molecule has 2 fully saturated rings. The van der Waals surface area contributed by atoms with E-state index in [1.807, 2.05) is 6.92 Å². The predicted octanol–water partition coefficient (Wildman–Crippen LogP) is 3.23. The van der Waals surface area contributed by atoms with Gasteiger partial charge in [-0.15, -0.1) is 11.8 Å². The summed E-state index contributed by atoms with van der Waals surface area (Å²) in [7, 11) is 0. The highest BCUT2D eigenvalue weighted by atomic mass is 14.4. The summed E-state index contributed by atoms with van der Waals surface area (Å²) in [5.41, 5.74) is 0. The normalized spacial score (nSPS) is 39.9. The molecule has 0 aliphatic heterocycles. The largest absolute Gasteiger partial charge is 0.106 e. The fourth-order valence-corrected chi connectivity index (χ4v) is 3.04. The van der Waals surface area contributed by atoms with Gasteiger partial charge in [0.05, 0.1) is 0 Å². The lowest BCUT2D eigenvalue weighted by molar-refractivity contribution is 0.242. The fraction of sp³-hybridized carbons (Fsp3) is 0.833. The minimum atomic E-state index is 0.745. The smallest absolute Gasteiger partial charge is 0.0205 e. The third kappa shape index (κ3) is 1.51. The van der Waals surface area contributed by atoms with Gasteiger partial charge in [0.25, 0.3) is 0 Å². The molecule has 0 aromatic carbocycles. The summed E-state index contributed by atoms with van der Waals surface area (Å²) in [6, 6.07) is 0. The lowest BCUT2D eigenvalue weighted by atomic mass is 9.76. The van der Waals surface area contributed by atoms with Gasteiger partial charge in [0, 0.05) is 5.92 Å². The molecule has 2 aliphatic carbocycles. The zero-order valence-corrected chi connectivity index (χ0v) is 7.97. The van der Waals surface area contributed by atoms with E-state index in [1.165, 1.54) is 38.5 Å². The molecule has 2 saturated carbocycles. The molecule has 2 rings (SSSR count). The van der Waals surface area contributed by atoms with Gasteiger partial charge in [-0.05, 0) is 38.0 Å². The molecule has 0 bridgehead atoms. The Balaban J connectivity index is 1.95. The third-order valence-electron chi connectivity index (χ3n) is 3.64. The Morgan fingerprint density at radius 2 is 1.83 bits per heavy atom. The van der Waals surface area contributed by atoms with Crippen LogP contribution in [0, 0.1) is 29.6 Å². The van der Waals surface area contributed by atoms with Gasteiger partial charge in [0.1, 0.15) is 0 Å². The highest BCUT2D eigenvalue weighted by Crippen LogP contribution is 2.43. The van der Waals surface area contributed by atoms with E-state index >= 15 is 0 Å². The minimum absolute atomic E-state index is 0.745. The lowest BCUT2D eigenvalue weighted by Gasteiger charge is -2.28. The third-order valence-corrected chi connectivity index (χ3v) is 3.64. The van der Waals surface area contributed by atoms with Crippen molar-refractivity contribution in [3.63, 3.8) is 0 Å². The summed E-state index contributed by atoms with van der Waals surface area (Å²) >= 11 is 0. The Labute approximate surface area is 75.7 Å². The molecule has 0 nitrogen and oxygen atoms in total. The standard InChI is InChI=1S/C12H18/c1-2-4-10-7-8-11-5-3-6-12(11)9-10/h10-12H,3,5-9H2,1H3. The first kappa shape index (κ1) is 8.17. The molecule has 3 atom stereocenters. The minimum Gasteiger partial charge on any atom is -0.106 e. The molecule has 2 aliphatic rings. The summed E-state index contributed by atoms with van der Waals surface area (Å²) in [5.74, 6) is 9.29. The van der Waals surface area contributed by atoms with Crippen molar-refractivity contribution in [3.05, 3.63) is 0 Å². The van der Waals surface area contributed by atoms with E-state index in [1.54, 1.807) is 0 Å². The summed E-state index contributed by atoms with van der Waals surface area (Å²) in [4.78, 5) is 0. The molecule has 0 spiro atoms. The van der Waals surface area contributed by atoms with Gasteiger partial charge in [-0.25, -0.2) is 0 Å². The maximum absolute atomic E-state index is 3.35. The van der Waals surface area contributed by atoms with Gasteiger partial charge < -0.3 is 0 Å². The highest BCUT2D eigenvalue weighted by molar-refractivity contribution is 5.04. The molecule has 0 N–H and O–H groups in total. The Bertz CT molecular complexity index is 206. The second-order valence-corrected chi connectivity index (χ2v) is 4.36. The number of fused-ring (bicyclic) bond motifs is 1. The van der Waals surface area contributed by atoms with Gasteiger partial charge in [0.15, 0.2) is 0 Å². The zero-order chi connectivity index (χ0) is 8.39. The van der Waals surface area contributed by atoms with E-state index in [9.17, 15) is 0 Å². The van der Waals surface area contributed by atoms with Crippen LogP contribution >= 0.6 is 0 Å². The van der Waals surface area contributed by atoms with Crippen molar-refractivity contribution in [1.29, 1.82) is 0 Å². The van der Waals surface area contributed by atoms with Crippen molar-refractivity contribution in [1.82, 2.24) is 0 Å². The predicted molar refractivity (Wildman–Crippen MR) is 51.6 cm³/mol. The van der Waals surface area contributed by atoms with E-state index in [0.29, 0.717) is 0 Å². The maximum atomic E-state index is 3.35. The van der Waals surface area contributed by atoms with E-state index in [0.717, 1.165) is 17.8 Å². The Hall–Kier alpha value is -0.440. The monoisotopic (exact) mass is 162 g/mol. The van der Waals surface area contributed by atoms with Crippen molar-refractivity contribution in [2.45, 2.75) is 45.4 Å². The maximum Gasteiger partial charge on any atom is 0.0205 e. The topological polar surface area (TPSA) is 0 Å². The second kappa shape index (κ2) is 3.52. The van der Waals surface area contributed by atoms with Gasteiger partial charge >= 0.3 is 0 Å². The average Bonchev–Trinajstić information content (AvgIpc) is 2.51. The van der Waals surface area contributed by atoms with Crippen LogP contribution in [0.3, 0.4) is 0 Å². The average molecular weight is 162 g/mol. The fourth-order valence-electron chi connectivity index (χ4n) is 3.04. The van der Waals surface area contributed by atoms with Crippen LogP contribution < -0.4 is 0 Å². The molecule has 66 valence electrons. The first-order chi connectivity index (χ1) is 5.90. The van der Waals surface area contributed by atoms with Crippen LogP contribution in [-0.4, -0.2) is 0 Å². The van der Waals surface area contributed by atoms with Crippen LogP contribution in [0.15, 0.2) is 0 Å². The summed E-state index contributed by atoms with van der Waals surface area (Å²) in [6.07, 6.45) is 8.74. The van der Waals surface area contributed by atoms with Crippen LogP contribution in [-0.2, 0) is 0 Å². The molecule has 0 aromatic heterocycles. The van der Waals surface area contributed by atoms with Crippen LogP contribution in [0.25, 0.3) is 0 Å². The lowest BCUT2D eigenvalue weighted by Crippen LogP contribution is -2.19. The molecule has 3 unspecified atom stereocenters. The number of hydrogen-bond acceptors (Lipinski definition) is 0. The molecule has 12 heavy (non-hydrogen) atoms. The summed E-state index contributed by atoms with van der Waals surface area (Å²) in [5, 5.41) is 0. The number of rotatable bonds is 0. The zero-order valence-electron chi connectivity index (χ0n) is 7.97. The van der Waals surface area contributed by atoms with Crippen LogP contribution in [0.5, 0.6) is 0 Å². The quantitative estimate of drug-likeness (QED) is 0.480. The van der Waals surface area contributed by atoms with Crippen molar-refractivity contribution in [2.75, 3.05) is 0 Å². The molecule has 0 saturated heterocycles. The van der Waals surface area contributed by atoms with E-state index in [4.69, 9.17) is 0 Å². The SMILES string of the molecule is CC#CC1CCC2CCCC2C1. The highest BCUT2D eigenvalue weighted by Gasteiger charge is 2.32. The van der Waals surface area contributed by atoms with Crippen LogP contribution in [0.4, 0.5) is 0 Å². The molecule has 0 heteroatoms. The second-order valence-electron chi connectivity index (χ2n) is 4.36. The summed E-state index contributed by atoms with van der Waals surface area (Å²) in [6.45, 7) is 1.97.